The lowest BCUT2D eigenvalue weighted by atomic mass is 9.48. The van der Waals surface area contributed by atoms with Crippen molar-refractivity contribution in [3.05, 3.63) is 35.4 Å². The van der Waals surface area contributed by atoms with Gasteiger partial charge < -0.3 is 9.47 Å². The number of halogens is 3. The molecule has 1 aromatic rings. The minimum absolute atomic E-state index is 0.0147. The zero-order chi connectivity index (χ0) is 24.7. The molecule has 0 aliphatic heterocycles. The summed E-state index contributed by atoms with van der Waals surface area (Å²) in [7, 11) is 1.45. The third-order valence-corrected chi connectivity index (χ3v) is 7.75. The van der Waals surface area contributed by atoms with Crippen LogP contribution in [0.1, 0.15) is 57.1 Å². The van der Waals surface area contributed by atoms with Gasteiger partial charge in [-0.15, -0.1) is 0 Å². The van der Waals surface area contributed by atoms with Crippen molar-refractivity contribution in [3.8, 4) is 6.19 Å². The molecule has 4 bridgehead atoms. The molecule has 0 heterocycles. The number of hydrogen-bond acceptors (Lipinski definition) is 5. The van der Waals surface area contributed by atoms with E-state index < -0.39 is 22.8 Å². The van der Waals surface area contributed by atoms with Gasteiger partial charge in [0.25, 0.3) is 0 Å². The van der Waals surface area contributed by atoms with E-state index in [1.807, 2.05) is 6.19 Å². The SMILES string of the molecule is COC(=O)C12CC3CC(C1)C(N=C(NC#N)C(C)(C)OCc1ccc(C(F)(F)F)cc1)C(C3)C2. The van der Waals surface area contributed by atoms with Crippen LogP contribution < -0.4 is 5.32 Å². The van der Waals surface area contributed by atoms with Gasteiger partial charge in [0.1, 0.15) is 11.4 Å². The summed E-state index contributed by atoms with van der Waals surface area (Å²) >= 11 is 0. The maximum absolute atomic E-state index is 12.8. The predicted molar refractivity (Wildman–Crippen MR) is 118 cm³/mol. The normalized spacial score (nSPS) is 30.7. The summed E-state index contributed by atoms with van der Waals surface area (Å²) in [5.41, 5.74) is -1.50. The topological polar surface area (TPSA) is 83.7 Å². The summed E-state index contributed by atoms with van der Waals surface area (Å²) in [6.07, 6.45) is 1.95. The molecule has 1 N–H and O–H groups in total. The van der Waals surface area contributed by atoms with Crippen LogP contribution in [0.3, 0.4) is 0 Å². The first-order valence-corrected chi connectivity index (χ1v) is 11.6. The highest BCUT2D eigenvalue weighted by molar-refractivity contribution is 5.91. The monoisotopic (exact) mass is 477 g/mol. The largest absolute Gasteiger partial charge is 0.469 e. The van der Waals surface area contributed by atoms with Crippen molar-refractivity contribution < 1.29 is 27.4 Å². The molecule has 0 radical (unpaired) electrons. The minimum Gasteiger partial charge on any atom is -0.469 e. The average molecular weight is 478 g/mol. The zero-order valence-corrected chi connectivity index (χ0v) is 19.6. The summed E-state index contributed by atoms with van der Waals surface area (Å²) in [5, 5.41) is 12.0. The molecule has 184 valence electrons. The van der Waals surface area contributed by atoms with Gasteiger partial charge in [0, 0.05) is 0 Å². The molecule has 6 nitrogen and oxygen atoms in total. The van der Waals surface area contributed by atoms with Gasteiger partial charge in [-0.05, 0) is 81.4 Å². The number of rotatable bonds is 6. The third-order valence-electron chi connectivity index (χ3n) is 7.75. The number of methoxy groups -OCH3 is 1. The number of aliphatic imine (C=N–C) groups is 1. The Bertz CT molecular complexity index is 981. The number of ether oxygens (including phenoxy) is 2. The number of benzene rings is 1. The Morgan fingerprint density at radius 1 is 1.18 bits per heavy atom. The fraction of sp³-hybridized carbons (Fsp3) is 0.640. The maximum Gasteiger partial charge on any atom is 0.416 e. The number of alkyl halides is 3. The Morgan fingerprint density at radius 2 is 1.79 bits per heavy atom. The van der Waals surface area contributed by atoms with Crippen LogP contribution in [0, 0.1) is 34.6 Å². The molecule has 4 aliphatic rings. The Balaban J connectivity index is 1.50. The van der Waals surface area contributed by atoms with Gasteiger partial charge in [0.2, 0.25) is 0 Å². The molecule has 4 saturated carbocycles. The summed E-state index contributed by atoms with van der Waals surface area (Å²) in [6, 6.07) is 4.81. The van der Waals surface area contributed by atoms with Gasteiger partial charge in [-0.1, -0.05) is 12.1 Å². The van der Waals surface area contributed by atoms with Crippen molar-refractivity contribution in [3.63, 3.8) is 0 Å². The predicted octanol–water partition coefficient (Wildman–Crippen LogP) is 4.84. The highest BCUT2D eigenvalue weighted by Crippen LogP contribution is 2.61. The molecule has 34 heavy (non-hydrogen) atoms. The van der Waals surface area contributed by atoms with Gasteiger partial charge in [0.15, 0.2) is 6.19 Å². The van der Waals surface area contributed by atoms with Gasteiger partial charge in [-0.3, -0.25) is 15.1 Å². The molecule has 4 fully saturated rings. The van der Waals surface area contributed by atoms with Crippen molar-refractivity contribution in [2.75, 3.05) is 7.11 Å². The standard InChI is InChI=1S/C25H30F3N3O3/c1-23(2,34-13-15-4-6-19(7-5-15)25(26,27)28)21(30-14-29)31-20-17-8-16-9-18(20)12-24(10-16,11-17)22(32)33-3/h4-7,16-18,20H,8-13H2,1-3H3,(H,30,31). The first-order valence-electron chi connectivity index (χ1n) is 11.6. The molecule has 0 spiro atoms. The summed E-state index contributed by atoms with van der Waals surface area (Å²) in [6.45, 7) is 3.64. The van der Waals surface area contributed by atoms with Crippen molar-refractivity contribution in [2.24, 2.45) is 28.2 Å². The number of hydrogen-bond donors (Lipinski definition) is 1. The highest BCUT2D eigenvalue weighted by Gasteiger charge is 2.59. The number of amidine groups is 1. The van der Waals surface area contributed by atoms with Crippen LogP contribution in [0.2, 0.25) is 0 Å². The van der Waals surface area contributed by atoms with Crippen molar-refractivity contribution in [1.29, 1.82) is 5.26 Å². The molecule has 9 heteroatoms. The van der Waals surface area contributed by atoms with E-state index in [-0.39, 0.29) is 30.5 Å². The van der Waals surface area contributed by atoms with Crippen LogP contribution in [-0.2, 0) is 27.1 Å². The number of nitrogens with one attached hydrogen (secondary N) is 1. The number of esters is 1. The molecule has 2 atom stereocenters. The van der Waals surface area contributed by atoms with Crippen LogP contribution in [0.4, 0.5) is 13.2 Å². The van der Waals surface area contributed by atoms with Crippen molar-refractivity contribution >= 4 is 11.8 Å². The smallest absolute Gasteiger partial charge is 0.416 e. The summed E-state index contributed by atoms with van der Waals surface area (Å²) < 4.78 is 49.6. The molecule has 0 saturated heterocycles. The highest BCUT2D eigenvalue weighted by atomic mass is 19.4. The zero-order valence-electron chi connectivity index (χ0n) is 19.6. The molecular formula is C25H30F3N3O3. The van der Waals surface area contributed by atoms with Crippen LogP contribution in [0.5, 0.6) is 0 Å². The van der Waals surface area contributed by atoms with Gasteiger partial charge >= 0.3 is 12.1 Å². The average Bonchev–Trinajstić information content (AvgIpc) is 2.78. The molecular weight excluding hydrogens is 447 g/mol. The Labute approximate surface area is 197 Å². The number of nitriles is 1. The van der Waals surface area contributed by atoms with E-state index in [0.29, 0.717) is 17.3 Å². The van der Waals surface area contributed by atoms with E-state index in [1.165, 1.54) is 19.2 Å². The molecule has 1 aromatic carbocycles. The van der Waals surface area contributed by atoms with Gasteiger partial charge in [-0.2, -0.15) is 18.4 Å². The first-order chi connectivity index (χ1) is 16.0. The van der Waals surface area contributed by atoms with E-state index in [1.54, 1.807) is 13.8 Å². The summed E-state index contributed by atoms with van der Waals surface area (Å²) in [4.78, 5) is 17.5. The van der Waals surface area contributed by atoms with E-state index in [4.69, 9.17) is 14.5 Å². The van der Waals surface area contributed by atoms with E-state index in [9.17, 15) is 23.2 Å². The molecule has 2 unspecified atom stereocenters. The van der Waals surface area contributed by atoms with E-state index >= 15 is 0 Å². The second-order valence-corrected chi connectivity index (χ2v) is 10.4. The fourth-order valence-corrected chi connectivity index (χ4v) is 6.34. The number of carbonyl (C=O) groups excluding carboxylic acids is 1. The van der Waals surface area contributed by atoms with Gasteiger partial charge in [-0.25, -0.2) is 0 Å². The van der Waals surface area contributed by atoms with Gasteiger partial charge in [0.05, 0.1) is 30.7 Å². The van der Waals surface area contributed by atoms with Crippen LogP contribution in [0.15, 0.2) is 29.3 Å². The number of carbonyl (C=O) groups is 1. The lowest BCUT2D eigenvalue weighted by Crippen LogP contribution is -2.57. The van der Waals surface area contributed by atoms with Crippen molar-refractivity contribution in [2.45, 2.75) is 70.4 Å². The summed E-state index contributed by atoms with van der Waals surface area (Å²) in [5.74, 6) is 1.26. The lowest BCUT2D eigenvalue weighted by molar-refractivity contribution is -0.169. The molecule has 0 aromatic heterocycles. The Morgan fingerprint density at radius 3 is 2.32 bits per heavy atom. The maximum atomic E-state index is 12.8. The van der Waals surface area contributed by atoms with E-state index in [2.05, 4.69) is 5.32 Å². The third kappa shape index (κ3) is 4.65. The molecule has 0 amide bonds. The van der Waals surface area contributed by atoms with E-state index in [0.717, 1.165) is 44.2 Å². The first kappa shape index (κ1) is 24.5. The van der Waals surface area contributed by atoms with Crippen LogP contribution in [0.25, 0.3) is 0 Å². The van der Waals surface area contributed by atoms with Crippen molar-refractivity contribution in [1.82, 2.24) is 5.32 Å². The fourth-order valence-electron chi connectivity index (χ4n) is 6.34. The quantitative estimate of drug-likeness (QED) is 0.208. The second-order valence-electron chi connectivity index (χ2n) is 10.4. The minimum atomic E-state index is -4.39. The Hall–Kier alpha value is -2.60. The Kier molecular flexibility index (Phi) is 6.40. The second kappa shape index (κ2) is 8.88. The number of nitrogens with zero attached hydrogens (tertiary/aromatic N) is 2. The molecule has 4 aliphatic carbocycles. The van der Waals surface area contributed by atoms with Crippen LogP contribution in [-0.4, -0.2) is 30.6 Å². The van der Waals surface area contributed by atoms with Crippen LogP contribution >= 0.6 is 0 Å². The lowest BCUT2D eigenvalue weighted by Gasteiger charge is -2.57. The molecule has 5 rings (SSSR count).